The first-order chi connectivity index (χ1) is 7.31. The van der Waals surface area contributed by atoms with Crippen molar-refractivity contribution in [2.45, 2.75) is 13.5 Å². The molecule has 0 bridgehead atoms. The minimum atomic E-state index is 0.606. The second kappa shape index (κ2) is 4.64. The highest BCUT2D eigenvalue weighted by molar-refractivity contribution is 5.55. The molecular weight excluding hydrogens is 188 g/mol. The highest BCUT2D eigenvalue weighted by Crippen LogP contribution is 2.22. The summed E-state index contributed by atoms with van der Waals surface area (Å²) >= 11 is 0. The maximum Gasteiger partial charge on any atom is 0.0642 e. The van der Waals surface area contributed by atoms with Crippen molar-refractivity contribution in [3.05, 3.63) is 29.3 Å². The van der Waals surface area contributed by atoms with E-state index >= 15 is 0 Å². The largest absolute Gasteiger partial charge is 0.378 e. The Morgan fingerprint density at radius 3 is 2.73 bits per heavy atom. The van der Waals surface area contributed by atoms with E-state index in [2.05, 4.69) is 30.0 Å². The van der Waals surface area contributed by atoms with Gasteiger partial charge in [-0.2, -0.15) is 0 Å². The molecule has 0 aromatic heterocycles. The first kappa shape index (κ1) is 10.5. The molecule has 3 nitrogen and oxygen atoms in total. The van der Waals surface area contributed by atoms with Gasteiger partial charge in [-0.1, -0.05) is 17.7 Å². The molecule has 0 unspecified atom stereocenters. The van der Waals surface area contributed by atoms with Crippen LogP contribution >= 0.6 is 0 Å². The van der Waals surface area contributed by atoms with Gasteiger partial charge in [0.15, 0.2) is 0 Å². The zero-order valence-electron chi connectivity index (χ0n) is 9.20. The summed E-state index contributed by atoms with van der Waals surface area (Å²) < 4.78 is 5.35. The molecule has 2 rings (SSSR count). The number of nitrogens with zero attached hydrogens (tertiary/aromatic N) is 1. The van der Waals surface area contributed by atoms with E-state index in [-0.39, 0.29) is 0 Å². The molecule has 1 aliphatic rings. The predicted molar refractivity (Wildman–Crippen MR) is 62.1 cm³/mol. The van der Waals surface area contributed by atoms with Crippen molar-refractivity contribution >= 4 is 5.69 Å². The fraction of sp³-hybridized carbons (Fsp3) is 0.500. The summed E-state index contributed by atoms with van der Waals surface area (Å²) in [5, 5.41) is 0. The van der Waals surface area contributed by atoms with E-state index in [0.717, 1.165) is 26.3 Å². The fourth-order valence-electron chi connectivity index (χ4n) is 1.99. The Bertz CT molecular complexity index is 332. The average molecular weight is 206 g/mol. The van der Waals surface area contributed by atoms with E-state index in [9.17, 15) is 0 Å². The number of aryl methyl sites for hydroxylation is 1. The van der Waals surface area contributed by atoms with Gasteiger partial charge in [0.2, 0.25) is 0 Å². The van der Waals surface area contributed by atoms with Crippen molar-refractivity contribution in [3.8, 4) is 0 Å². The number of rotatable bonds is 2. The number of anilines is 1. The standard InChI is InChI=1S/C12H18N2O/c1-10-2-3-12(11(8-10)9-13)14-4-6-15-7-5-14/h2-3,8H,4-7,9,13H2,1H3. The highest BCUT2D eigenvalue weighted by atomic mass is 16.5. The maximum atomic E-state index is 5.77. The Labute approximate surface area is 90.8 Å². The summed E-state index contributed by atoms with van der Waals surface area (Å²) in [6, 6.07) is 6.48. The molecule has 0 spiro atoms. The van der Waals surface area contributed by atoms with Crippen LogP contribution in [0.3, 0.4) is 0 Å². The molecule has 2 N–H and O–H groups in total. The van der Waals surface area contributed by atoms with Crippen LogP contribution < -0.4 is 10.6 Å². The molecule has 15 heavy (non-hydrogen) atoms. The zero-order chi connectivity index (χ0) is 10.7. The fourth-order valence-corrected chi connectivity index (χ4v) is 1.99. The second-order valence-electron chi connectivity index (χ2n) is 3.94. The van der Waals surface area contributed by atoms with E-state index in [1.807, 2.05) is 0 Å². The lowest BCUT2D eigenvalue weighted by Gasteiger charge is -2.30. The number of nitrogens with two attached hydrogens (primary N) is 1. The van der Waals surface area contributed by atoms with Crippen molar-refractivity contribution in [3.63, 3.8) is 0 Å². The quantitative estimate of drug-likeness (QED) is 0.792. The van der Waals surface area contributed by atoms with E-state index in [0.29, 0.717) is 6.54 Å². The van der Waals surface area contributed by atoms with Crippen molar-refractivity contribution in [2.24, 2.45) is 5.73 Å². The number of hydrogen-bond donors (Lipinski definition) is 1. The molecule has 0 radical (unpaired) electrons. The van der Waals surface area contributed by atoms with Crippen molar-refractivity contribution in [1.29, 1.82) is 0 Å². The van der Waals surface area contributed by atoms with Crippen LogP contribution in [-0.2, 0) is 11.3 Å². The molecule has 1 aliphatic heterocycles. The van der Waals surface area contributed by atoms with Crippen molar-refractivity contribution in [1.82, 2.24) is 0 Å². The van der Waals surface area contributed by atoms with Crippen LogP contribution in [0.4, 0.5) is 5.69 Å². The third-order valence-electron chi connectivity index (χ3n) is 2.81. The normalized spacial score (nSPS) is 16.8. The van der Waals surface area contributed by atoms with Crippen LogP contribution in [0, 0.1) is 6.92 Å². The monoisotopic (exact) mass is 206 g/mol. The molecule has 0 atom stereocenters. The summed E-state index contributed by atoms with van der Waals surface area (Å²) in [6.07, 6.45) is 0. The number of benzene rings is 1. The summed E-state index contributed by atoms with van der Waals surface area (Å²) in [4.78, 5) is 2.35. The van der Waals surface area contributed by atoms with E-state index in [4.69, 9.17) is 10.5 Å². The Morgan fingerprint density at radius 2 is 2.07 bits per heavy atom. The lowest BCUT2D eigenvalue weighted by Crippen LogP contribution is -2.37. The molecular formula is C12H18N2O. The molecule has 3 heteroatoms. The molecule has 82 valence electrons. The molecule has 1 fully saturated rings. The number of morpholine rings is 1. The first-order valence-electron chi connectivity index (χ1n) is 5.43. The molecule has 0 amide bonds. The lowest BCUT2D eigenvalue weighted by atomic mass is 10.1. The van der Waals surface area contributed by atoms with E-state index in [1.54, 1.807) is 0 Å². The highest BCUT2D eigenvalue weighted by Gasteiger charge is 2.13. The van der Waals surface area contributed by atoms with Crippen LogP contribution in [0.2, 0.25) is 0 Å². The Balaban J connectivity index is 2.25. The average Bonchev–Trinajstić information content (AvgIpc) is 2.30. The van der Waals surface area contributed by atoms with E-state index in [1.165, 1.54) is 16.8 Å². The van der Waals surface area contributed by atoms with Gasteiger partial charge < -0.3 is 15.4 Å². The molecule has 1 heterocycles. The maximum absolute atomic E-state index is 5.77. The third kappa shape index (κ3) is 2.30. The van der Waals surface area contributed by atoms with E-state index < -0.39 is 0 Å². The summed E-state index contributed by atoms with van der Waals surface area (Å²) in [7, 11) is 0. The van der Waals surface area contributed by atoms with Gasteiger partial charge in [0.25, 0.3) is 0 Å². The van der Waals surface area contributed by atoms with Crippen molar-refractivity contribution in [2.75, 3.05) is 31.2 Å². The Hall–Kier alpha value is -1.06. The van der Waals surface area contributed by atoms with Gasteiger partial charge in [0.05, 0.1) is 13.2 Å². The van der Waals surface area contributed by atoms with Crippen LogP contribution in [0.5, 0.6) is 0 Å². The third-order valence-corrected chi connectivity index (χ3v) is 2.81. The van der Waals surface area contributed by atoms with Crippen LogP contribution in [0.15, 0.2) is 18.2 Å². The van der Waals surface area contributed by atoms with Gasteiger partial charge in [0, 0.05) is 25.3 Å². The molecule has 0 saturated carbocycles. The molecule has 1 saturated heterocycles. The molecule has 0 aliphatic carbocycles. The summed E-state index contributed by atoms with van der Waals surface area (Å²) in [6.45, 7) is 6.28. The lowest BCUT2D eigenvalue weighted by molar-refractivity contribution is 0.122. The number of hydrogen-bond acceptors (Lipinski definition) is 3. The topological polar surface area (TPSA) is 38.5 Å². The first-order valence-corrected chi connectivity index (χ1v) is 5.43. The molecule has 1 aromatic carbocycles. The predicted octanol–water partition coefficient (Wildman–Crippen LogP) is 1.29. The molecule has 1 aromatic rings. The zero-order valence-corrected chi connectivity index (χ0v) is 9.20. The Kier molecular flexibility index (Phi) is 3.23. The van der Waals surface area contributed by atoms with Gasteiger partial charge in [-0.3, -0.25) is 0 Å². The minimum Gasteiger partial charge on any atom is -0.378 e. The number of ether oxygens (including phenoxy) is 1. The SMILES string of the molecule is Cc1ccc(N2CCOCC2)c(CN)c1. The summed E-state index contributed by atoms with van der Waals surface area (Å²) in [5.74, 6) is 0. The van der Waals surface area contributed by atoms with Gasteiger partial charge in [-0.25, -0.2) is 0 Å². The summed E-state index contributed by atoms with van der Waals surface area (Å²) in [5.41, 5.74) is 9.54. The van der Waals surface area contributed by atoms with Gasteiger partial charge in [-0.05, 0) is 18.6 Å². The second-order valence-corrected chi connectivity index (χ2v) is 3.94. The van der Waals surface area contributed by atoms with Crippen LogP contribution in [0.1, 0.15) is 11.1 Å². The van der Waals surface area contributed by atoms with Gasteiger partial charge in [0.1, 0.15) is 0 Å². The van der Waals surface area contributed by atoms with Crippen LogP contribution in [0.25, 0.3) is 0 Å². The minimum absolute atomic E-state index is 0.606. The van der Waals surface area contributed by atoms with Crippen molar-refractivity contribution < 1.29 is 4.74 Å². The van der Waals surface area contributed by atoms with Gasteiger partial charge in [-0.15, -0.1) is 0 Å². The van der Waals surface area contributed by atoms with Gasteiger partial charge >= 0.3 is 0 Å². The van der Waals surface area contributed by atoms with Crippen LogP contribution in [-0.4, -0.2) is 26.3 Å². The Morgan fingerprint density at radius 1 is 1.33 bits per heavy atom. The smallest absolute Gasteiger partial charge is 0.0642 e.